The second-order valence-corrected chi connectivity index (χ2v) is 5.47. The molecule has 5 heteroatoms. The van der Waals surface area contributed by atoms with E-state index in [-0.39, 0.29) is 5.91 Å². The van der Waals surface area contributed by atoms with Gasteiger partial charge in [0.15, 0.2) is 6.29 Å². The number of amides is 1. The van der Waals surface area contributed by atoms with Crippen LogP contribution in [0.25, 0.3) is 0 Å². The monoisotopic (exact) mass is 347 g/mol. The molecule has 0 heterocycles. The molecule has 5 nitrogen and oxygen atoms in total. The smallest absolute Gasteiger partial charge is 0.255 e. The zero-order valence-corrected chi connectivity index (χ0v) is 14.1. The van der Waals surface area contributed by atoms with Crippen LogP contribution in [0.1, 0.15) is 20.7 Å². The number of rotatable bonds is 6. The molecule has 0 saturated carbocycles. The third kappa shape index (κ3) is 4.08. The van der Waals surface area contributed by atoms with Crippen LogP contribution in [0.4, 0.5) is 5.69 Å². The van der Waals surface area contributed by atoms with Crippen molar-refractivity contribution in [2.45, 2.75) is 0 Å². The summed E-state index contributed by atoms with van der Waals surface area (Å²) in [6.45, 7) is 0. The van der Waals surface area contributed by atoms with E-state index in [1.165, 1.54) is 0 Å². The molecule has 0 bridgehead atoms. The van der Waals surface area contributed by atoms with E-state index < -0.39 is 0 Å². The van der Waals surface area contributed by atoms with Crippen LogP contribution in [0.2, 0.25) is 0 Å². The van der Waals surface area contributed by atoms with Gasteiger partial charge in [0.1, 0.15) is 17.2 Å². The van der Waals surface area contributed by atoms with Crippen LogP contribution < -0.4 is 14.8 Å². The number of nitrogens with one attached hydrogen (secondary N) is 1. The van der Waals surface area contributed by atoms with Crippen molar-refractivity contribution in [1.29, 1.82) is 0 Å². The summed E-state index contributed by atoms with van der Waals surface area (Å²) in [7, 11) is 1.58. The summed E-state index contributed by atoms with van der Waals surface area (Å²) in [5.74, 6) is 1.45. The topological polar surface area (TPSA) is 64.6 Å². The molecular weight excluding hydrogens is 330 g/mol. The van der Waals surface area contributed by atoms with E-state index in [1.54, 1.807) is 61.7 Å². The van der Waals surface area contributed by atoms with Crippen molar-refractivity contribution < 1.29 is 19.1 Å². The largest absolute Gasteiger partial charge is 0.497 e. The Balaban J connectivity index is 1.84. The van der Waals surface area contributed by atoms with Gasteiger partial charge in [-0.2, -0.15) is 0 Å². The molecule has 0 spiro atoms. The highest BCUT2D eigenvalue weighted by molar-refractivity contribution is 6.06. The maximum Gasteiger partial charge on any atom is 0.255 e. The molecule has 0 aromatic heterocycles. The van der Waals surface area contributed by atoms with Crippen molar-refractivity contribution >= 4 is 17.9 Å². The van der Waals surface area contributed by atoms with Gasteiger partial charge in [-0.3, -0.25) is 9.59 Å². The normalized spacial score (nSPS) is 10.0. The number of hydrogen-bond donors (Lipinski definition) is 1. The van der Waals surface area contributed by atoms with Gasteiger partial charge in [0.05, 0.1) is 12.8 Å². The Bertz CT molecular complexity index is 922. The standard InChI is InChI=1S/C21H17NO4/c1-25-17-8-5-9-18(12-17)26-19-11-10-16(14-23)20(13-19)22-21(24)15-6-3-2-4-7-15/h2-14H,1H3,(H,22,24). The number of methoxy groups -OCH3 is 1. The second kappa shape index (κ2) is 7.98. The SMILES string of the molecule is COc1cccc(Oc2ccc(C=O)c(NC(=O)c3ccccc3)c2)c1. The molecule has 0 aliphatic heterocycles. The molecule has 1 amide bonds. The lowest BCUT2D eigenvalue weighted by molar-refractivity contribution is 0.102. The Kier molecular flexibility index (Phi) is 5.29. The van der Waals surface area contributed by atoms with Crippen molar-refractivity contribution in [3.63, 3.8) is 0 Å². The van der Waals surface area contributed by atoms with E-state index in [0.717, 1.165) is 0 Å². The Morgan fingerprint density at radius 2 is 1.62 bits per heavy atom. The fourth-order valence-corrected chi connectivity index (χ4v) is 2.39. The van der Waals surface area contributed by atoms with Crippen molar-refractivity contribution in [1.82, 2.24) is 0 Å². The third-order valence-electron chi connectivity index (χ3n) is 3.71. The summed E-state index contributed by atoms with van der Waals surface area (Å²) >= 11 is 0. The fraction of sp³-hybridized carbons (Fsp3) is 0.0476. The minimum absolute atomic E-state index is 0.299. The zero-order chi connectivity index (χ0) is 18.4. The highest BCUT2D eigenvalue weighted by Crippen LogP contribution is 2.28. The zero-order valence-electron chi connectivity index (χ0n) is 14.1. The molecule has 26 heavy (non-hydrogen) atoms. The molecule has 0 aliphatic carbocycles. The van der Waals surface area contributed by atoms with E-state index in [1.807, 2.05) is 18.2 Å². The minimum atomic E-state index is -0.299. The van der Waals surface area contributed by atoms with Gasteiger partial charge >= 0.3 is 0 Å². The number of carbonyl (C=O) groups excluding carboxylic acids is 2. The number of ether oxygens (including phenoxy) is 2. The molecule has 1 N–H and O–H groups in total. The highest BCUT2D eigenvalue weighted by Gasteiger charge is 2.10. The Hall–Kier alpha value is -3.60. The summed E-state index contributed by atoms with van der Waals surface area (Å²) in [6, 6.07) is 20.8. The second-order valence-electron chi connectivity index (χ2n) is 5.47. The fourth-order valence-electron chi connectivity index (χ4n) is 2.39. The number of hydrogen-bond acceptors (Lipinski definition) is 4. The van der Waals surface area contributed by atoms with Crippen LogP contribution in [-0.4, -0.2) is 19.3 Å². The van der Waals surface area contributed by atoms with Crippen LogP contribution in [-0.2, 0) is 0 Å². The first-order valence-electron chi connectivity index (χ1n) is 7.97. The van der Waals surface area contributed by atoms with Gasteiger partial charge in [-0.1, -0.05) is 24.3 Å². The van der Waals surface area contributed by atoms with Gasteiger partial charge in [0.2, 0.25) is 0 Å². The number of aldehydes is 1. The first-order valence-corrected chi connectivity index (χ1v) is 7.97. The lowest BCUT2D eigenvalue weighted by atomic mass is 10.1. The molecule has 130 valence electrons. The van der Waals surface area contributed by atoms with Crippen molar-refractivity contribution in [3.8, 4) is 17.2 Å². The molecule has 0 fully saturated rings. The van der Waals surface area contributed by atoms with Crippen molar-refractivity contribution in [3.05, 3.63) is 83.9 Å². The van der Waals surface area contributed by atoms with Crippen LogP contribution in [0, 0.1) is 0 Å². The highest BCUT2D eigenvalue weighted by atomic mass is 16.5. The molecule has 3 aromatic rings. The van der Waals surface area contributed by atoms with E-state index in [9.17, 15) is 9.59 Å². The summed E-state index contributed by atoms with van der Waals surface area (Å²) in [4.78, 5) is 23.6. The molecule has 3 aromatic carbocycles. The van der Waals surface area contributed by atoms with Gasteiger partial charge in [-0.25, -0.2) is 0 Å². The first-order chi connectivity index (χ1) is 12.7. The summed E-state index contributed by atoms with van der Waals surface area (Å²) in [5.41, 5.74) is 1.25. The summed E-state index contributed by atoms with van der Waals surface area (Å²) < 4.78 is 11.0. The van der Waals surface area contributed by atoms with Gasteiger partial charge in [0, 0.05) is 23.3 Å². The number of benzene rings is 3. The van der Waals surface area contributed by atoms with E-state index >= 15 is 0 Å². The Labute approximate surface area is 151 Å². The minimum Gasteiger partial charge on any atom is -0.497 e. The maximum absolute atomic E-state index is 12.4. The van der Waals surface area contributed by atoms with Crippen LogP contribution in [0.15, 0.2) is 72.8 Å². The van der Waals surface area contributed by atoms with Gasteiger partial charge in [-0.15, -0.1) is 0 Å². The molecule has 3 rings (SSSR count). The number of anilines is 1. The van der Waals surface area contributed by atoms with Crippen LogP contribution in [0.3, 0.4) is 0 Å². The molecule has 0 radical (unpaired) electrons. The van der Waals surface area contributed by atoms with E-state index in [4.69, 9.17) is 9.47 Å². The van der Waals surface area contributed by atoms with Crippen molar-refractivity contribution in [2.75, 3.05) is 12.4 Å². The molecule has 0 unspecified atom stereocenters. The number of carbonyl (C=O) groups is 2. The van der Waals surface area contributed by atoms with Gasteiger partial charge < -0.3 is 14.8 Å². The third-order valence-corrected chi connectivity index (χ3v) is 3.71. The molecular formula is C21H17NO4. The van der Waals surface area contributed by atoms with Gasteiger partial charge in [0.25, 0.3) is 5.91 Å². The predicted molar refractivity (Wildman–Crippen MR) is 99.3 cm³/mol. The van der Waals surface area contributed by atoms with Gasteiger partial charge in [-0.05, 0) is 36.4 Å². The summed E-state index contributed by atoms with van der Waals surface area (Å²) in [5, 5.41) is 2.75. The van der Waals surface area contributed by atoms with E-state index in [0.29, 0.717) is 40.3 Å². The lowest BCUT2D eigenvalue weighted by Gasteiger charge is -2.12. The van der Waals surface area contributed by atoms with Crippen LogP contribution in [0.5, 0.6) is 17.2 Å². The lowest BCUT2D eigenvalue weighted by Crippen LogP contribution is -2.13. The van der Waals surface area contributed by atoms with Crippen LogP contribution >= 0.6 is 0 Å². The average Bonchev–Trinajstić information content (AvgIpc) is 2.69. The molecule has 0 atom stereocenters. The van der Waals surface area contributed by atoms with Crippen molar-refractivity contribution in [2.24, 2.45) is 0 Å². The Morgan fingerprint density at radius 3 is 2.35 bits per heavy atom. The summed E-state index contributed by atoms with van der Waals surface area (Å²) in [6.07, 6.45) is 0.690. The molecule has 0 aliphatic rings. The average molecular weight is 347 g/mol. The quantitative estimate of drug-likeness (QED) is 0.664. The Morgan fingerprint density at radius 1 is 0.885 bits per heavy atom. The predicted octanol–water partition coefficient (Wildman–Crippen LogP) is 4.55. The molecule has 0 saturated heterocycles. The maximum atomic E-state index is 12.4. The van der Waals surface area contributed by atoms with E-state index in [2.05, 4.69) is 5.32 Å². The first kappa shape index (κ1) is 17.2.